The second-order valence-corrected chi connectivity index (χ2v) is 8.02. The van der Waals surface area contributed by atoms with Crippen molar-refractivity contribution in [3.05, 3.63) is 71.8 Å². The predicted molar refractivity (Wildman–Crippen MR) is 111 cm³/mol. The van der Waals surface area contributed by atoms with Crippen LogP contribution >= 0.6 is 0 Å². The van der Waals surface area contributed by atoms with Crippen LogP contribution in [0, 0.1) is 0 Å². The molecule has 0 unspecified atom stereocenters. The van der Waals surface area contributed by atoms with Crippen LogP contribution in [0.25, 0.3) is 0 Å². The largest absolute Gasteiger partial charge is 0.390 e. The molecule has 2 N–H and O–H groups in total. The zero-order chi connectivity index (χ0) is 20.8. The zero-order valence-electron chi connectivity index (χ0n) is 17.0. The summed E-state index contributed by atoms with van der Waals surface area (Å²) < 4.78 is 22.8. The minimum atomic E-state index is -0.920. The molecule has 2 aromatic rings. The molecule has 6 nitrogen and oxygen atoms in total. The van der Waals surface area contributed by atoms with Crippen LogP contribution in [0.4, 0.5) is 0 Å². The van der Waals surface area contributed by atoms with E-state index in [2.05, 4.69) is 0 Å². The number of epoxide rings is 2. The lowest BCUT2D eigenvalue weighted by Gasteiger charge is -2.26. The summed E-state index contributed by atoms with van der Waals surface area (Å²) >= 11 is 0. The van der Waals surface area contributed by atoms with E-state index in [1.54, 1.807) is 0 Å². The van der Waals surface area contributed by atoms with Gasteiger partial charge in [0.1, 0.15) is 12.2 Å². The Kier molecular flexibility index (Phi) is 7.49. The number of hydrogen-bond donors (Lipinski definition) is 2. The van der Waals surface area contributed by atoms with Gasteiger partial charge in [0.05, 0.1) is 50.8 Å². The van der Waals surface area contributed by atoms with Crippen LogP contribution in [0.5, 0.6) is 0 Å². The number of hydrogen-bond acceptors (Lipinski definition) is 6. The molecule has 0 bridgehead atoms. The molecule has 2 aliphatic heterocycles. The molecule has 162 valence electrons. The SMILES string of the molecule is O[C@H](C[C@H](OCc1ccccc1)[C@H]1CO1)[C@H](O)C[C@H](OCc1ccccc1)[C@H]1CO1. The number of benzene rings is 2. The number of aliphatic hydroxyl groups excluding tert-OH is 2. The summed E-state index contributed by atoms with van der Waals surface area (Å²) in [6.07, 6.45) is -1.76. The molecule has 2 aromatic carbocycles. The van der Waals surface area contributed by atoms with Gasteiger partial charge >= 0.3 is 0 Å². The standard InChI is InChI=1S/C24H30O6/c25-19(11-21(23-15-29-23)27-13-17-7-3-1-4-8-17)20(26)12-22(24-16-30-24)28-14-18-9-5-2-6-10-18/h1-10,19-26H,11-16H2/t19-,20-,21+,22+,23-,24-/m1/s1. The maximum absolute atomic E-state index is 10.6. The highest BCUT2D eigenvalue weighted by Gasteiger charge is 2.39. The smallest absolute Gasteiger partial charge is 0.107 e. The fraction of sp³-hybridized carbons (Fsp3) is 0.500. The van der Waals surface area contributed by atoms with E-state index in [0.29, 0.717) is 39.3 Å². The highest BCUT2D eigenvalue weighted by atomic mass is 16.6. The molecule has 0 amide bonds. The molecular formula is C24H30O6. The third kappa shape index (κ3) is 6.60. The number of aliphatic hydroxyl groups is 2. The molecule has 2 heterocycles. The fourth-order valence-electron chi connectivity index (χ4n) is 3.54. The van der Waals surface area contributed by atoms with Gasteiger partial charge in [-0.1, -0.05) is 60.7 Å². The van der Waals surface area contributed by atoms with Gasteiger partial charge < -0.3 is 29.2 Å². The molecule has 30 heavy (non-hydrogen) atoms. The maximum Gasteiger partial charge on any atom is 0.107 e. The van der Waals surface area contributed by atoms with E-state index in [0.717, 1.165) is 11.1 Å². The third-order valence-corrected chi connectivity index (χ3v) is 5.55. The molecule has 0 saturated carbocycles. The summed E-state index contributed by atoms with van der Waals surface area (Å²) in [5.74, 6) is 0. The molecule has 6 atom stereocenters. The topological polar surface area (TPSA) is 84.0 Å². The van der Waals surface area contributed by atoms with Gasteiger partial charge in [0, 0.05) is 12.8 Å². The average Bonchev–Trinajstić information content (AvgIpc) is 3.68. The van der Waals surface area contributed by atoms with Crippen LogP contribution in [-0.2, 0) is 32.2 Å². The molecular weight excluding hydrogens is 384 g/mol. The summed E-state index contributed by atoms with van der Waals surface area (Å²) in [5.41, 5.74) is 2.14. The van der Waals surface area contributed by atoms with Crippen molar-refractivity contribution in [1.29, 1.82) is 0 Å². The minimum Gasteiger partial charge on any atom is -0.390 e. The third-order valence-electron chi connectivity index (χ3n) is 5.55. The Labute approximate surface area is 177 Å². The van der Waals surface area contributed by atoms with Gasteiger partial charge in [0.25, 0.3) is 0 Å². The Hall–Kier alpha value is -1.80. The molecule has 0 radical (unpaired) electrons. The van der Waals surface area contributed by atoms with E-state index in [4.69, 9.17) is 18.9 Å². The second kappa shape index (κ2) is 10.5. The van der Waals surface area contributed by atoms with Crippen LogP contribution in [0.1, 0.15) is 24.0 Å². The van der Waals surface area contributed by atoms with Crippen molar-refractivity contribution in [3.63, 3.8) is 0 Å². The molecule has 2 aliphatic rings. The van der Waals surface area contributed by atoms with Gasteiger partial charge in [-0.15, -0.1) is 0 Å². The number of ether oxygens (including phenoxy) is 4. The van der Waals surface area contributed by atoms with Gasteiger partial charge in [-0.2, -0.15) is 0 Å². The van der Waals surface area contributed by atoms with Crippen molar-refractivity contribution in [3.8, 4) is 0 Å². The van der Waals surface area contributed by atoms with E-state index >= 15 is 0 Å². The van der Waals surface area contributed by atoms with Gasteiger partial charge in [-0.05, 0) is 11.1 Å². The van der Waals surface area contributed by atoms with Gasteiger partial charge in [0.2, 0.25) is 0 Å². The molecule has 0 spiro atoms. The highest BCUT2D eigenvalue weighted by molar-refractivity contribution is 5.14. The van der Waals surface area contributed by atoms with Crippen molar-refractivity contribution >= 4 is 0 Å². The van der Waals surface area contributed by atoms with Crippen LogP contribution in [-0.4, -0.2) is 60.1 Å². The summed E-state index contributed by atoms with van der Waals surface area (Å²) in [5, 5.41) is 21.2. The van der Waals surface area contributed by atoms with E-state index in [1.165, 1.54) is 0 Å². The Morgan fingerprint density at radius 3 is 1.40 bits per heavy atom. The lowest BCUT2D eigenvalue weighted by atomic mass is 9.99. The first-order chi connectivity index (χ1) is 14.7. The van der Waals surface area contributed by atoms with Gasteiger partial charge in [0.15, 0.2) is 0 Å². The van der Waals surface area contributed by atoms with E-state index in [-0.39, 0.29) is 24.4 Å². The summed E-state index contributed by atoms with van der Waals surface area (Å²) in [4.78, 5) is 0. The van der Waals surface area contributed by atoms with Crippen molar-refractivity contribution in [2.24, 2.45) is 0 Å². The van der Waals surface area contributed by atoms with Gasteiger partial charge in [-0.3, -0.25) is 0 Å². The van der Waals surface area contributed by atoms with Crippen molar-refractivity contribution in [2.75, 3.05) is 13.2 Å². The lowest BCUT2D eigenvalue weighted by Crippen LogP contribution is -2.37. The molecule has 0 aliphatic carbocycles. The average molecular weight is 414 g/mol. The molecule has 4 rings (SSSR count). The minimum absolute atomic E-state index is 0.0209. The van der Waals surface area contributed by atoms with Crippen LogP contribution < -0.4 is 0 Å². The van der Waals surface area contributed by atoms with Crippen molar-refractivity contribution < 1.29 is 29.2 Å². The first-order valence-electron chi connectivity index (χ1n) is 10.6. The Morgan fingerprint density at radius 1 is 0.700 bits per heavy atom. The molecule has 0 aromatic heterocycles. The number of rotatable bonds is 13. The summed E-state index contributed by atoms with van der Waals surface area (Å²) in [6, 6.07) is 19.8. The Morgan fingerprint density at radius 2 is 1.07 bits per heavy atom. The predicted octanol–water partition coefficient (Wildman–Crippen LogP) is 2.46. The highest BCUT2D eigenvalue weighted by Crippen LogP contribution is 2.27. The van der Waals surface area contributed by atoms with Crippen LogP contribution in [0.15, 0.2) is 60.7 Å². The van der Waals surface area contributed by atoms with Crippen LogP contribution in [0.3, 0.4) is 0 Å². The lowest BCUT2D eigenvalue weighted by molar-refractivity contribution is -0.0729. The van der Waals surface area contributed by atoms with E-state index < -0.39 is 12.2 Å². The maximum atomic E-state index is 10.6. The van der Waals surface area contributed by atoms with E-state index in [9.17, 15) is 10.2 Å². The normalized spacial score (nSPS) is 24.1. The Balaban J connectivity index is 1.26. The quantitative estimate of drug-likeness (QED) is 0.490. The Bertz CT molecular complexity index is 681. The fourth-order valence-corrected chi connectivity index (χ4v) is 3.54. The van der Waals surface area contributed by atoms with Crippen molar-refractivity contribution in [2.45, 2.75) is 62.7 Å². The molecule has 6 heteroatoms. The zero-order valence-corrected chi connectivity index (χ0v) is 17.0. The second-order valence-electron chi connectivity index (χ2n) is 8.02. The van der Waals surface area contributed by atoms with Crippen LogP contribution in [0.2, 0.25) is 0 Å². The molecule has 2 fully saturated rings. The summed E-state index contributed by atoms with van der Waals surface area (Å²) in [6.45, 7) is 2.15. The first-order valence-corrected chi connectivity index (χ1v) is 10.6. The van der Waals surface area contributed by atoms with Crippen molar-refractivity contribution in [1.82, 2.24) is 0 Å². The monoisotopic (exact) mass is 414 g/mol. The van der Waals surface area contributed by atoms with Gasteiger partial charge in [-0.25, -0.2) is 0 Å². The van der Waals surface area contributed by atoms with E-state index in [1.807, 2.05) is 60.7 Å². The molecule has 2 saturated heterocycles. The summed E-state index contributed by atoms with van der Waals surface area (Å²) in [7, 11) is 0. The first kappa shape index (κ1) is 21.4.